The number of rotatable bonds is 5. The first kappa shape index (κ1) is 23.1. The number of aromatic nitrogens is 7. The minimum Gasteiger partial charge on any atom is -0.365 e. The highest BCUT2D eigenvalue weighted by atomic mass is 19.4. The van der Waals surface area contributed by atoms with Crippen molar-refractivity contribution in [1.29, 1.82) is 0 Å². The van der Waals surface area contributed by atoms with Crippen LogP contribution >= 0.6 is 0 Å². The van der Waals surface area contributed by atoms with Crippen LogP contribution in [0.15, 0.2) is 67.5 Å². The molecular formula is C25H24F3N9. The Morgan fingerprint density at radius 1 is 0.838 bits per heavy atom. The number of nitrogens with zero attached hydrogens (tertiary/aromatic N) is 9. The molecule has 0 N–H and O–H groups in total. The van der Waals surface area contributed by atoms with E-state index in [2.05, 4.69) is 42.2 Å². The average molecular weight is 508 g/mol. The quantitative estimate of drug-likeness (QED) is 0.361. The maximum Gasteiger partial charge on any atom is 0.416 e. The normalized spacial score (nSPS) is 14.6. The molecule has 0 spiro atoms. The Hall–Kier alpha value is -4.35. The van der Waals surface area contributed by atoms with Crippen LogP contribution in [0.2, 0.25) is 0 Å². The average Bonchev–Trinajstić information content (AvgIpc) is 3.63. The summed E-state index contributed by atoms with van der Waals surface area (Å²) in [6, 6.07) is 9.29. The molecular weight excluding hydrogens is 483 g/mol. The van der Waals surface area contributed by atoms with Crippen LogP contribution in [0, 0.1) is 0 Å². The molecule has 0 bridgehead atoms. The number of hydrogen-bond donors (Lipinski definition) is 0. The molecule has 37 heavy (non-hydrogen) atoms. The highest BCUT2D eigenvalue weighted by Gasteiger charge is 2.30. The fourth-order valence-corrected chi connectivity index (χ4v) is 4.59. The lowest BCUT2D eigenvalue weighted by Crippen LogP contribution is -2.47. The summed E-state index contributed by atoms with van der Waals surface area (Å²) in [6.07, 6.45) is 5.00. The molecule has 6 rings (SSSR count). The zero-order valence-electron chi connectivity index (χ0n) is 20.0. The monoisotopic (exact) mass is 507 g/mol. The second-order valence-corrected chi connectivity index (χ2v) is 9.09. The van der Waals surface area contributed by atoms with E-state index < -0.39 is 11.7 Å². The van der Waals surface area contributed by atoms with E-state index in [0.717, 1.165) is 66.2 Å². The second-order valence-electron chi connectivity index (χ2n) is 9.09. The Morgan fingerprint density at radius 3 is 2.30 bits per heavy atom. The lowest BCUT2D eigenvalue weighted by atomic mass is 10.1. The number of halogens is 3. The molecule has 1 aliphatic rings. The molecule has 5 heterocycles. The first-order valence-electron chi connectivity index (χ1n) is 11.9. The number of alkyl halides is 3. The van der Waals surface area contributed by atoms with Crippen LogP contribution in [0.1, 0.15) is 11.1 Å². The summed E-state index contributed by atoms with van der Waals surface area (Å²) >= 11 is 0. The van der Waals surface area contributed by atoms with Gasteiger partial charge in [-0.3, -0.25) is 4.68 Å². The molecule has 1 aliphatic heterocycles. The van der Waals surface area contributed by atoms with Gasteiger partial charge in [0, 0.05) is 56.7 Å². The summed E-state index contributed by atoms with van der Waals surface area (Å²) in [5.74, 6) is 0.618. The van der Waals surface area contributed by atoms with Gasteiger partial charge in [-0.2, -0.15) is 23.4 Å². The largest absolute Gasteiger partial charge is 0.416 e. The third-order valence-corrected chi connectivity index (χ3v) is 6.59. The number of pyridine rings is 1. The fourth-order valence-electron chi connectivity index (χ4n) is 4.59. The molecule has 4 aromatic heterocycles. The molecule has 1 fully saturated rings. The molecule has 5 aromatic rings. The van der Waals surface area contributed by atoms with Gasteiger partial charge in [-0.25, -0.2) is 14.2 Å². The molecule has 0 amide bonds. The molecule has 1 saturated heterocycles. The summed E-state index contributed by atoms with van der Waals surface area (Å²) in [4.78, 5) is 8.85. The zero-order valence-corrected chi connectivity index (χ0v) is 20.0. The molecule has 0 radical (unpaired) electrons. The standard InChI is InChI=1S/C25H24F3N9/c1-33-15-20(12-30-33)19-4-7-22-23(13-31-37(22)16-19)34-8-10-35(11-9-34)24-29-17-36(32-24)14-18-2-5-21(6-3-18)25(26,27)28/h2-7,12-13,15-17H,8-11,14H2,1H3. The number of benzene rings is 1. The van der Waals surface area contributed by atoms with E-state index in [9.17, 15) is 13.2 Å². The zero-order chi connectivity index (χ0) is 25.6. The van der Waals surface area contributed by atoms with E-state index in [1.165, 1.54) is 12.1 Å². The molecule has 1 aromatic carbocycles. The van der Waals surface area contributed by atoms with E-state index in [1.54, 1.807) is 15.7 Å². The maximum absolute atomic E-state index is 12.8. The highest BCUT2D eigenvalue weighted by molar-refractivity contribution is 5.75. The molecule has 0 aliphatic carbocycles. The molecule has 0 atom stereocenters. The van der Waals surface area contributed by atoms with Crippen LogP contribution in [0.3, 0.4) is 0 Å². The van der Waals surface area contributed by atoms with Gasteiger partial charge in [-0.1, -0.05) is 18.2 Å². The third kappa shape index (κ3) is 4.61. The molecule has 9 nitrogen and oxygen atoms in total. The van der Waals surface area contributed by atoms with E-state index in [-0.39, 0.29) is 0 Å². The van der Waals surface area contributed by atoms with Crippen molar-refractivity contribution in [1.82, 2.24) is 34.2 Å². The van der Waals surface area contributed by atoms with Crippen molar-refractivity contribution >= 4 is 17.2 Å². The van der Waals surface area contributed by atoms with E-state index in [1.807, 2.05) is 36.4 Å². The summed E-state index contributed by atoms with van der Waals surface area (Å²) in [6.45, 7) is 3.43. The summed E-state index contributed by atoms with van der Waals surface area (Å²) in [5.41, 5.74) is 4.29. The van der Waals surface area contributed by atoms with Gasteiger partial charge in [-0.15, -0.1) is 5.10 Å². The first-order chi connectivity index (χ1) is 17.8. The van der Waals surface area contributed by atoms with Gasteiger partial charge in [0.25, 0.3) is 0 Å². The Bertz CT molecular complexity index is 1520. The minimum atomic E-state index is -4.34. The fraction of sp³-hybridized carbons (Fsp3) is 0.280. The summed E-state index contributed by atoms with van der Waals surface area (Å²) in [5, 5.41) is 13.4. The van der Waals surface area contributed by atoms with Crippen molar-refractivity contribution in [3.05, 3.63) is 78.6 Å². The van der Waals surface area contributed by atoms with Crippen LogP contribution < -0.4 is 9.80 Å². The Morgan fingerprint density at radius 2 is 1.59 bits per heavy atom. The third-order valence-electron chi connectivity index (χ3n) is 6.59. The predicted octanol–water partition coefficient (Wildman–Crippen LogP) is 3.72. The SMILES string of the molecule is Cn1cc(-c2ccc3c(N4CCN(c5ncn(Cc6ccc(C(F)(F)F)cc6)n5)CC4)cnn3c2)cn1. The van der Waals surface area contributed by atoms with Crippen LogP contribution in [-0.2, 0) is 19.8 Å². The summed E-state index contributed by atoms with van der Waals surface area (Å²) in [7, 11) is 1.90. The molecule has 0 saturated carbocycles. The predicted molar refractivity (Wildman–Crippen MR) is 132 cm³/mol. The lowest BCUT2D eigenvalue weighted by molar-refractivity contribution is -0.137. The van der Waals surface area contributed by atoms with Gasteiger partial charge in [-0.05, 0) is 23.8 Å². The number of piperazine rings is 1. The Balaban J connectivity index is 1.10. The van der Waals surface area contributed by atoms with Gasteiger partial charge in [0.1, 0.15) is 6.33 Å². The van der Waals surface area contributed by atoms with Crippen molar-refractivity contribution in [2.75, 3.05) is 36.0 Å². The van der Waals surface area contributed by atoms with E-state index >= 15 is 0 Å². The highest BCUT2D eigenvalue weighted by Crippen LogP contribution is 2.29. The number of aryl methyl sites for hydroxylation is 1. The molecule has 0 unspecified atom stereocenters. The Kier molecular flexibility index (Phi) is 5.58. The number of fused-ring (bicyclic) bond motifs is 1. The summed E-state index contributed by atoms with van der Waals surface area (Å²) < 4.78 is 43.7. The lowest BCUT2D eigenvalue weighted by Gasteiger charge is -2.35. The molecule has 12 heteroatoms. The van der Waals surface area contributed by atoms with Crippen molar-refractivity contribution in [3.63, 3.8) is 0 Å². The van der Waals surface area contributed by atoms with Crippen molar-refractivity contribution < 1.29 is 13.2 Å². The minimum absolute atomic E-state index is 0.356. The van der Waals surface area contributed by atoms with Crippen molar-refractivity contribution in [2.24, 2.45) is 7.05 Å². The Labute approximate surface area is 210 Å². The van der Waals surface area contributed by atoms with Gasteiger partial charge < -0.3 is 9.80 Å². The molecule has 190 valence electrons. The second kappa shape index (κ2) is 8.95. The topological polar surface area (TPSA) is 72.3 Å². The van der Waals surface area contributed by atoms with Gasteiger partial charge in [0.2, 0.25) is 5.95 Å². The number of anilines is 2. The van der Waals surface area contributed by atoms with Crippen LogP contribution in [0.5, 0.6) is 0 Å². The van der Waals surface area contributed by atoms with Crippen LogP contribution in [0.4, 0.5) is 24.8 Å². The number of hydrogen-bond acceptors (Lipinski definition) is 6. The van der Waals surface area contributed by atoms with Crippen LogP contribution in [0.25, 0.3) is 16.6 Å². The van der Waals surface area contributed by atoms with Crippen LogP contribution in [-0.4, -0.2) is 60.3 Å². The maximum atomic E-state index is 12.8. The van der Waals surface area contributed by atoms with E-state index in [0.29, 0.717) is 12.5 Å². The first-order valence-corrected chi connectivity index (χ1v) is 11.9. The van der Waals surface area contributed by atoms with Crippen molar-refractivity contribution in [3.8, 4) is 11.1 Å². The van der Waals surface area contributed by atoms with Crippen molar-refractivity contribution in [2.45, 2.75) is 12.7 Å². The van der Waals surface area contributed by atoms with Gasteiger partial charge >= 0.3 is 6.18 Å². The van der Waals surface area contributed by atoms with Gasteiger partial charge in [0.15, 0.2) is 0 Å². The van der Waals surface area contributed by atoms with Gasteiger partial charge in [0.05, 0.1) is 35.7 Å². The van der Waals surface area contributed by atoms with E-state index in [4.69, 9.17) is 0 Å². The smallest absolute Gasteiger partial charge is 0.365 e.